The third-order valence-corrected chi connectivity index (χ3v) is 8.49. The fraction of sp³-hybridized carbons (Fsp3) is 0.571. The quantitative estimate of drug-likeness (QED) is 0.290. The van der Waals surface area contributed by atoms with Crippen LogP contribution in [-0.2, 0) is 13.1 Å². The molecule has 2 fully saturated rings. The predicted molar refractivity (Wildman–Crippen MR) is 141 cm³/mol. The molecular weight excluding hydrogens is 481 g/mol. The summed E-state index contributed by atoms with van der Waals surface area (Å²) in [6.07, 6.45) is 10.4. The van der Waals surface area contributed by atoms with Crippen LogP contribution in [0.4, 0.5) is 10.1 Å². The number of hydrogen-bond donors (Lipinski definition) is 1. The first kappa shape index (κ1) is 26.8. The lowest BCUT2D eigenvalue weighted by Crippen LogP contribution is -2.38. The topological polar surface area (TPSA) is 81.6 Å². The maximum absolute atomic E-state index is 14.7. The van der Waals surface area contributed by atoms with Gasteiger partial charge in [-0.2, -0.15) is 0 Å². The third kappa shape index (κ3) is 6.75. The summed E-state index contributed by atoms with van der Waals surface area (Å²) in [5.74, 6) is 1.43. The Morgan fingerprint density at radius 3 is 2.33 bits per heavy atom. The molecule has 0 amide bonds. The summed E-state index contributed by atoms with van der Waals surface area (Å²) < 4.78 is 19.9. The van der Waals surface area contributed by atoms with Crippen molar-refractivity contribution in [1.29, 1.82) is 0 Å². The molecule has 0 atom stereocenters. The van der Waals surface area contributed by atoms with E-state index in [4.69, 9.17) is 22.1 Å². The van der Waals surface area contributed by atoms with Gasteiger partial charge in [-0.05, 0) is 93.4 Å². The number of nitrogens with zero attached hydrogens (tertiary/aromatic N) is 2. The highest BCUT2D eigenvalue weighted by molar-refractivity contribution is 6.31. The number of ether oxygens (including phenoxy) is 1. The zero-order chi connectivity index (χ0) is 25.7. The van der Waals surface area contributed by atoms with E-state index in [2.05, 4.69) is 4.90 Å². The Hall–Kier alpha value is -2.22. The second kappa shape index (κ2) is 12.3. The summed E-state index contributed by atoms with van der Waals surface area (Å²) in [7, 11) is 1.43. The first-order valence-corrected chi connectivity index (χ1v) is 13.5. The van der Waals surface area contributed by atoms with Crippen molar-refractivity contribution in [2.75, 3.05) is 7.11 Å². The minimum absolute atomic E-state index is 0.0604. The summed E-state index contributed by atoms with van der Waals surface area (Å²) in [6, 6.07) is 10.4. The summed E-state index contributed by atoms with van der Waals surface area (Å²) in [5, 5.41) is 12.0. The maximum atomic E-state index is 14.7. The predicted octanol–water partition coefficient (Wildman–Crippen LogP) is 6.86. The number of nitrogens with two attached hydrogens (primary N) is 1. The molecule has 2 aromatic rings. The highest BCUT2D eigenvalue weighted by Gasteiger charge is 2.30. The Morgan fingerprint density at radius 2 is 1.72 bits per heavy atom. The second-order valence-electron chi connectivity index (χ2n) is 10.6. The molecular formula is C28H37ClFN3O3. The Bertz CT molecular complexity index is 1020. The van der Waals surface area contributed by atoms with E-state index in [1.54, 1.807) is 24.3 Å². The van der Waals surface area contributed by atoms with Crippen molar-refractivity contribution in [1.82, 2.24) is 4.90 Å². The Balaban J connectivity index is 1.48. The van der Waals surface area contributed by atoms with Crippen LogP contribution >= 0.6 is 11.6 Å². The van der Waals surface area contributed by atoms with Gasteiger partial charge in [-0.15, -0.1) is 0 Å². The normalized spacial score (nSPS) is 24.6. The SMILES string of the molecule is COc1ccc(CN(Cc2c(F)cccc2Cl)C2CCC(CC3CCC(N)CC3)CC2)cc1[N+](=O)[O-]. The standard InChI is InChI=1S/C28H37ClFN3O3/c1-36-28-14-9-21(16-27(28)33(34)35)17-32(18-24-25(29)3-2-4-26(24)30)23-12-7-20(8-13-23)15-19-5-10-22(31)11-6-19/h2-4,9,14,16,19-20,22-23H,5-8,10-13,15,17-18,31H2,1H3. The molecule has 8 heteroatoms. The Labute approximate surface area is 218 Å². The second-order valence-corrected chi connectivity index (χ2v) is 11.0. The molecule has 0 spiro atoms. The van der Waals surface area contributed by atoms with Crippen LogP contribution in [0.25, 0.3) is 0 Å². The molecule has 36 heavy (non-hydrogen) atoms. The summed E-state index contributed by atoms with van der Waals surface area (Å²) >= 11 is 6.38. The zero-order valence-corrected chi connectivity index (χ0v) is 21.8. The van der Waals surface area contributed by atoms with E-state index in [0.29, 0.717) is 29.7 Å². The van der Waals surface area contributed by atoms with E-state index in [1.807, 2.05) is 6.07 Å². The Kier molecular flexibility index (Phi) is 9.20. The van der Waals surface area contributed by atoms with Crippen molar-refractivity contribution in [3.63, 3.8) is 0 Å². The van der Waals surface area contributed by atoms with Gasteiger partial charge in [0.2, 0.25) is 0 Å². The largest absolute Gasteiger partial charge is 0.490 e. The fourth-order valence-corrected chi connectivity index (χ4v) is 6.28. The van der Waals surface area contributed by atoms with Crippen LogP contribution in [-0.4, -0.2) is 29.0 Å². The van der Waals surface area contributed by atoms with Crippen molar-refractivity contribution in [2.24, 2.45) is 17.6 Å². The summed E-state index contributed by atoms with van der Waals surface area (Å²) in [5.41, 5.74) is 7.30. The van der Waals surface area contributed by atoms with Gasteiger partial charge in [0.25, 0.3) is 0 Å². The van der Waals surface area contributed by atoms with Crippen molar-refractivity contribution in [3.05, 3.63) is 68.5 Å². The number of nitro groups is 1. The number of halogens is 2. The lowest BCUT2D eigenvalue weighted by atomic mass is 9.75. The minimum Gasteiger partial charge on any atom is -0.490 e. The molecule has 2 aliphatic carbocycles. The van der Waals surface area contributed by atoms with E-state index >= 15 is 0 Å². The molecule has 0 heterocycles. The molecule has 2 aliphatic rings. The smallest absolute Gasteiger partial charge is 0.311 e. The maximum Gasteiger partial charge on any atom is 0.311 e. The van der Waals surface area contributed by atoms with Gasteiger partial charge in [0, 0.05) is 41.8 Å². The summed E-state index contributed by atoms with van der Waals surface area (Å²) in [6.45, 7) is 0.840. The molecule has 0 saturated heterocycles. The monoisotopic (exact) mass is 517 g/mol. The zero-order valence-electron chi connectivity index (χ0n) is 21.0. The van der Waals surface area contributed by atoms with Gasteiger partial charge < -0.3 is 10.5 Å². The third-order valence-electron chi connectivity index (χ3n) is 8.14. The average molecular weight is 518 g/mol. The van der Waals surface area contributed by atoms with Gasteiger partial charge >= 0.3 is 5.69 Å². The fourth-order valence-electron chi connectivity index (χ4n) is 6.05. The number of nitro benzene ring substituents is 1. The van der Waals surface area contributed by atoms with Crippen LogP contribution in [0.15, 0.2) is 36.4 Å². The van der Waals surface area contributed by atoms with Gasteiger partial charge in [0.15, 0.2) is 5.75 Å². The van der Waals surface area contributed by atoms with Crippen LogP contribution in [0.5, 0.6) is 5.75 Å². The molecule has 0 radical (unpaired) electrons. The first-order valence-electron chi connectivity index (χ1n) is 13.1. The van der Waals surface area contributed by atoms with Crippen molar-refractivity contribution in [2.45, 2.75) is 83.0 Å². The average Bonchev–Trinajstić information content (AvgIpc) is 2.87. The van der Waals surface area contributed by atoms with Gasteiger partial charge in [-0.25, -0.2) is 4.39 Å². The van der Waals surface area contributed by atoms with E-state index in [1.165, 1.54) is 32.4 Å². The van der Waals surface area contributed by atoms with Crippen LogP contribution in [0.2, 0.25) is 5.02 Å². The summed E-state index contributed by atoms with van der Waals surface area (Å²) in [4.78, 5) is 13.4. The van der Waals surface area contributed by atoms with Crippen molar-refractivity contribution < 1.29 is 14.1 Å². The number of benzene rings is 2. The van der Waals surface area contributed by atoms with Crippen molar-refractivity contribution >= 4 is 17.3 Å². The van der Waals surface area contributed by atoms with Gasteiger partial charge in [-0.1, -0.05) is 23.7 Å². The van der Waals surface area contributed by atoms with Crippen LogP contribution in [0.3, 0.4) is 0 Å². The lowest BCUT2D eigenvalue weighted by molar-refractivity contribution is -0.385. The molecule has 0 unspecified atom stereocenters. The molecule has 2 saturated carbocycles. The molecule has 0 aliphatic heterocycles. The van der Waals surface area contributed by atoms with Gasteiger partial charge in [0.1, 0.15) is 5.82 Å². The van der Waals surface area contributed by atoms with E-state index in [0.717, 1.165) is 55.9 Å². The van der Waals surface area contributed by atoms with E-state index in [-0.39, 0.29) is 23.3 Å². The number of hydrogen-bond acceptors (Lipinski definition) is 5. The van der Waals surface area contributed by atoms with Crippen molar-refractivity contribution in [3.8, 4) is 5.75 Å². The first-order chi connectivity index (χ1) is 17.3. The molecule has 6 nitrogen and oxygen atoms in total. The van der Waals surface area contributed by atoms with E-state index < -0.39 is 4.92 Å². The highest BCUT2D eigenvalue weighted by atomic mass is 35.5. The highest BCUT2D eigenvalue weighted by Crippen LogP contribution is 2.38. The van der Waals surface area contributed by atoms with Crippen LogP contribution in [0.1, 0.15) is 68.9 Å². The van der Waals surface area contributed by atoms with Gasteiger partial charge in [0.05, 0.1) is 12.0 Å². The minimum atomic E-state index is -0.427. The molecule has 196 valence electrons. The Morgan fingerprint density at radius 1 is 1.06 bits per heavy atom. The number of methoxy groups -OCH3 is 1. The van der Waals surface area contributed by atoms with E-state index in [9.17, 15) is 14.5 Å². The van der Waals surface area contributed by atoms with Crippen LogP contribution < -0.4 is 10.5 Å². The lowest BCUT2D eigenvalue weighted by Gasteiger charge is -2.38. The molecule has 2 aromatic carbocycles. The molecule has 4 rings (SSSR count). The van der Waals surface area contributed by atoms with Gasteiger partial charge in [-0.3, -0.25) is 15.0 Å². The molecule has 0 bridgehead atoms. The van der Waals surface area contributed by atoms with Crippen LogP contribution in [0, 0.1) is 27.8 Å². The molecule has 2 N–H and O–H groups in total. The molecule has 0 aromatic heterocycles. The number of rotatable bonds is 9.